The van der Waals surface area contributed by atoms with Crippen molar-refractivity contribution in [2.45, 2.75) is 219 Å². The van der Waals surface area contributed by atoms with Gasteiger partial charge in [-0.2, -0.15) is 0 Å². The minimum absolute atomic E-state index is 0.0791. The third-order valence-corrected chi connectivity index (χ3v) is 9.10. The molecule has 0 aliphatic heterocycles. The lowest BCUT2D eigenvalue weighted by atomic mass is 10.1. The largest absolute Gasteiger partial charge is 0.394 e. The zero-order valence-corrected chi connectivity index (χ0v) is 30.8. The molecule has 3 N–H and O–H groups in total. The fourth-order valence-corrected chi connectivity index (χ4v) is 5.95. The first-order valence-electron chi connectivity index (χ1n) is 20.2. The van der Waals surface area contributed by atoms with Crippen molar-refractivity contribution in [1.29, 1.82) is 0 Å². The highest BCUT2D eigenvalue weighted by Gasteiger charge is 2.17. The third kappa shape index (κ3) is 34.0. The molecule has 0 spiro atoms. The Hall–Kier alpha value is -1.39. The molecule has 0 aromatic heterocycles. The fraction of sp³-hybridized carbons (Fsp3) is 0.833. The monoisotopic (exact) mass is 646 g/mol. The Balaban J connectivity index is 3.65. The van der Waals surface area contributed by atoms with Crippen LogP contribution in [0.5, 0.6) is 0 Å². The van der Waals surface area contributed by atoms with Crippen LogP contribution in [-0.4, -0.2) is 34.9 Å². The topological polar surface area (TPSA) is 69.6 Å². The highest BCUT2D eigenvalue weighted by atomic mass is 16.3. The first-order valence-corrected chi connectivity index (χ1v) is 20.2. The molecule has 4 heteroatoms. The predicted molar refractivity (Wildman–Crippen MR) is 202 cm³/mol. The van der Waals surface area contributed by atoms with E-state index in [0.717, 1.165) is 32.1 Å². The highest BCUT2D eigenvalue weighted by Crippen LogP contribution is 2.13. The molecule has 0 rings (SSSR count). The molecule has 0 fully saturated rings. The SMILES string of the molecule is CCCCCCCC/C=C/CCCCCCCCCC(=O)N[C@@H](CO)[C@H](O)/C=C/CC/C=C/CCCCCCCCCCCCC. The van der Waals surface area contributed by atoms with Gasteiger partial charge in [-0.15, -0.1) is 0 Å². The summed E-state index contributed by atoms with van der Waals surface area (Å²) in [6.45, 7) is 4.29. The van der Waals surface area contributed by atoms with Crippen LogP contribution in [0.3, 0.4) is 0 Å². The van der Waals surface area contributed by atoms with Gasteiger partial charge in [-0.25, -0.2) is 0 Å². The van der Waals surface area contributed by atoms with Crippen molar-refractivity contribution >= 4 is 5.91 Å². The lowest BCUT2D eigenvalue weighted by Crippen LogP contribution is -2.45. The zero-order valence-electron chi connectivity index (χ0n) is 30.8. The van der Waals surface area contributed by atoms with Crippen molar-refractivity contribution in [1.82, 2.24) is 5.32 Å². The maximum Gasteiger partial charge on any atom is 0.220 e. The van der Waals surface area contributed by atoms with E-state index in [2.05, 4.69) is 43.5 Å². The third-order valence-electron chi connectivity index (χ3n) is 9.10. The smallest absolute Gasteiger partial charge is 0.220 e. The van der Waals surface area contributed by atoms with Crippen LogP contribution >= 0.6 is 0 Å². The van der Waals surface area contributed by atoms with E-state index in [1.807, 2.05) is 6.08 Å². The van der Waals surface area contributed by atoms with Crippen molar-refractivity contribution in [3.8, 4) is 0 Å². The molecule has 4 nitrogen and oxygen atoms in total. The van der Waals surface area contributed by atoms with Crippen LogP contribution in [0, 0.1) is 0 Å². The van der Waals surface area contributed by atoms with Gasteiger partial charge >= 0.3 is 0 Å². The quantitative estimate of drug-likeness (QED) is 0.0469. The van der Waals surface area contributed by atoms with Crippen molar-refractivity contribution < 1.29 is 15.0 Å². The molecule has 0 aliphatic carbocycles. The molecule has 2 atom stereocenters. The van der Waals surface area contributed by atoms with Crippen LogP contribution < -0.4 is 5.32 Å². The Morgan fingerprint density at radius 2 is 0.848 bits per heavy atom. The van der Waals surface area contributed by atoms with Gasteiger partial charge in [-0.3, -0.25) is 4.79 Å². The second-order valence-corrected chi connectivity index (χ2v) is 13.7. The van der Waals surface area contributed by atoms with Gasteiger partial charge in [0.1, 0.15) is 0 Å². The molecule has 0 heterocycles. The Bertz CT molecular complexity index is 701. The first-order chi connectivity index (χ1) is 22.7. The van der Waals surface area contributed by atoms with E-state index >= 15 is 0 Å². The van der Waals surface area contributed by atoms with Gasteiger partial charge in [-0.1, -0.05) is 179 Å². The van der Waals surface area contributed by atoms with Gasteiger partial charge in [-0.05, 0) is 57.8 Å². The second kappa shape index (κ2) is 38.1. The number of amides is 1. The molecular formula is C42H79NO3. The summed E-state index contributed by atoms with van der Waals surface area (Å²) < 4.78 is 0. The Morgan fingerprint density at radius 3 is 1.26 bits per heavy atom. The molecule has 0 aromatic rings. The predicted octanol–water partition coefficient (Wildman–Crippen LogP) is 12.2. The number of hydrogen-bond donors (Lipinski definition) is 3. The second-order valence-electron chi connectivity index (χ2n) is 13.7. The highest BCUT2D eigenvalue weighted by molar-refractivity contribution is 5.76. The number of aliphatic hydroxyl groups excluding tert-OH is 2. The van der Waals surface area contributed by atoms with Crippen molar-refractivity contribution in [3.63, 3.8) is 0 Å². The summed E-state index contributed by atoms with van der Waals surface area (Å²) in [5, 5.41) is 22.9. The van der Waals surface area contributed by atoms with Crippen LogP contribution in [0.1, 0.15) is 206 Å². The summed E-state index contributed by atoms with van der Waals surface area (Å²) in [4.78, 5) is 12.3. The summed E-state index contributed by atoms with van der Waals surface area (Å²) in [7, 11) is 0. The minimum atomic E-state index is -0.861. The molecule has 0 saturated heterocycles. The number of carbonyl (C=O) groups excluding carboxylic acids is 1. The number of nitrogens with one attached hydrogen (secondary N) is 1. The van der Waals surface area contributed by atoms with Gasteiger partial charge in [0.05, 0.1) is 18.8 Å². The van der Waals surface area contributed by atoms with E-state index in [0.29, 0.717) is 6.42 Å². The number of aliphatic hydroxyl groups is 2. The van der Waals surface area contributed by atoms with Crippen LogP contribution in [0.25, 0.3) is 0 Å². The lowest BCUT2D eigenvalue weighted by Gasteiger charge is -2.19. The van der Waals surface area contributed by atoms with Crippen molar-refractivity contribution in [2.75, 3.05) is 6.61 Å². The van der Waals surface area contributed by atoms with E-state index in [1.165, 1.54) is 154 Å². The number of unbranched alkanes of at least 4 members (excludes halogenated alkanes) is 25. The van der Waals surface area contributed by atoms with Crippen molar-refractivity contribution in [2.24, 2.45) is 0 Å². The molecule has 0 aromatic carbocycles. The lowest BCUT2D eigenvalue weighted by molar-refractivity contribution is -0.123. The molecule has 1 amide bonds. The first kappa shape index (κ1) is 44.6. The van der Waals surface area contributed by atoms with Gasteiger partial charge in [0.15, 0.2) is 0 Å². The van der Waals surface area contributed by atoms with Crippen LogP contribution in [-0.2, 0) is 4.79 Å². The zero-order chi connectivity index (χ0) is 33.6. The molecule has 0 aliphatic rings. The van der Waals surface area contributed by atoms with E-state index in [9.17, 15) is 15.0 Å². The van der Waals surface area contributed by atoms with Gasteiger partial charge in [0, 0.05) is 6.42 Å². The molecule has 46 heavy (non-hydrogen) atoms. The van der Waals surface area contributed by atoms with Crippen LogP contribution in [0.15, 0.2) is 36.5 Å². The summed E-state index contributed by atoms with van der Waals surface area (Å²) in [5.74, 6) is -0.0791. The summed E-state index contributed by atoms with van der Waals surface area (Å²) in [5.41, 5.74) is 0. The van der Waals surface area contributed by atoms with E-state index < -0.39 is 12.1 Å². The van der Waals surface area contributed by atoms with Crippen molar-refractivity contribution in [3.05, 3.63) is 36.5 Å². The van der Waals surface area contributed by atoms with E-state index in [-0.39, 0.29) is 12.5 Å². The maximum absolute atomic E-state index is 12.3. The summed E-state index contributed by atoms with van der Waals surface area (Å²) in [6.07, 6.45) is 49.5. The summed E-state index contributed by atoms with van der Waals surface area (Å²) in [6, 6.07) is -0.639. The van der Waals surface area contributed by atoms with Gasteiger partial charge in [0.2, 0.25) is 5.91 Å². The van der Waals surface area contributed by atoms with Gasteiger partial charge < -0.3 is 15.5 Å². The number of hydrogen-bond acceptors (Lipinski definition) is 3. The average molecular weight is 646 g/mol. The number of allylic oxidation sites excluding steroid dienone is 5. The Labute approximate surface area is 287 Å². The fourth-order valence-electron chi connectivity index (χ4n) is 5.95. The number of carbonyl (C=O) groups is 1. The van der Waals surface area contributed by atoms with Gasteiger partial charge in [0.25, 0.3) is 0 Å². The maximum atomic E-state index is 12.3. The molecule has 0 unspecified atom stereocenters. The molecule has 0 radical (unpaired) electrons. The molecule has 270 valence electrons. The van der Waals surface area contributed by atoms with E-state index in [4.69, 9.17) is 0 Å². The van der Waals surface area contributed by atoms with Crippen LogP contribution in [0.2, 0.25) is 0 Å². The molecule has 0 bridgehead atoms. The minimum Gasteiger partial charge on any atom is -0.394 e. The average Bonchev–Trinajstić information content (AvgIpc) is 3.06. The van der Waals surface area contributed by atoms with E-state index in [1.54, 1.807) is 6.08 Å². The Morgan fingerprint density at radius 1 is 0.500 bits per heavy atom. The van der Waals surface area contributed by atoms with Crippen LogP contribution in [0.4, 0.5) is 0 Å². The standard InChI is InChI=1S/C42H79NO3/c1-3-5-7-9-11-13-15-17-19-21-23-25-27-29-31-33-35-37-41(45)40(39-44)43-42(46)38-36-34-32-30-28-26-24-22-20-18-16-14-12-10-8-6-4-2/h18,20,27,29,35,37,40-41,44-45H,3-17,19,21-26,28,30-34,36,38-39H2,1-2H3,(H,43,46)/b20-18+,29-27+,37-35+/t40-,41+/m0/s1. The molecular weight excluding hydrogens is 566 g/mol. The number of rotatable bonds is 36. The molecule has 0 saturated carbocycles. The summed E-state index contributed by atoms with van der Waals surface area (Å²) >= 11 is 0. The Kier molecular flexibility index (Phi) is 36.9. The normalized spacial score (nSPS) is 13.4.